The van der Waals surface area contributed by atoms with Gasteiger partial charge in [0.25, 0.3) is 0 Å². The van der Waals surface area contributed by atoms with Gasteiger partial charge in [0.2, 0.25) is 0 Å². The largest absolute Gasteiger partial charge is 0.497 e. The maximum absolute atomic E-state index is 9.72. The van der Waals surface area contributed by atoms with Crippen LogP contribution in [-0.2, 0) is 0 Å². The van der Waals surface area contributed by atoms with Gasteiger partial charge in [0.05, 0.1) is 30.2 Å². The first-order valence-corrected chi connectivity index (χ1v) is 9.38. The number of pyridine rings is 1. The van der Waals surface area contributed by atoms with Gasteiger partial charge in [-0.15, -0.1) is 0 Å². The van der Waals surface area contributed by atoms with Crippen LogP contribution in [0.5, 0.6) is 5.75 Å². The van der Waals surface area contributed by atoms with Gasteiger partial charge < -0.3 is 4.74 Å². The number of benzene rings is 2. The first-order chi connectivity index (χ1) is 13.2. The number of thioether (sulfide) groups is 1. The molecule has 0 aliphatic heterocycles. The van der Waals surface area contributed by atoms with Gasteiger partial charge in [0.15, 0.2) is 0 Å². The third-order valence-corrected chi connectivity index (χ3v) is 5.01. The lowest BCUT2D eigenvalue weighted by atomic mass is 9.99. The number of aromatic nitrogens is 1. The number of hydrogen-bond donors (Lipinski definition) is 0. The molecule has 0 saturated heterocycles. The van der Waals surface area contributed by atoms with Gasteiger partial charge in [-0.25, -0.2) is 4.98 Å². The predicted molar refractivity (Wildman–Crippen MR) is 108 cm³/mol. The molecule has 0 spiro atoms. The maximum Gasteiger partial charge on any atom is 0.118 e. The molecular weight excluding hydrogens is 378 g/mol. The van der Waals surface area contributed by atoms with Gasteiger partial charge in [0, 0.05) is 16.1 Å². The summed E-state index contributed by atoms with van der Waals surface area (Å²) in [5, 5.41) is 19.8. The number of methoxy groups -OCH3 is 1. The molecule has 2 aromatic carbocycles. The van der Waals surface area contributed by atoms with Crippen molar-refractivity contribution in [3.63, 3.8) is 0 Å². The van der Waals surface area contributed by atoms with Crippen molar-refractivity contribution in [1.29, 1.82) is 10.5 Å². The summed E-state index contributed by atoms with van der Waals surface area (Å²) in [5.41, 5.74) is 3.70. The van der Waals surface area contributed by atoms with E-state index in [1.807, 2.05) is 42.5 Å². The highest BCUT2D eigenvalue weighted by Gasteiger charge is 2.16. The van der Waals surface area contributed by atoms with Crippen molar-refractivity contribution in [1.82, 2.24) is 4.98 Å². The van der Waals surface area contributed by atoms with Crippen molar-refractivity contribution in [2.75, 3.05) is 12.9 Å². The first-order valence-electron chi connectivity index (χ1n) is 8.01. The number of rotatable bonds is 5. The molecular formula is C21H14ClN3OS. The van der Waals surface area contributed by atoms with Crippen LogP contribution in [0.4, 0.5) is 0 Å². The molecule has 0 radical (unpaired) electrons. The molecule has 0 saturated carbocycles. The summed E-state index contributed by atoms with van der Waals surface area (Å²) in [5.74, 6) is 0.970. The Morgan fingerprint density at radius 3 is 2.30 bits per heavy atom. The Morgan fingerprint density at radius 1 is 1.04 bits per heavy atom. The van der Waals surface area contributed by atoms with Gasteiger partial charge in [-0.05, 0) is 48.0 Å². The second kappa shape index (κ2) is 8.60. The lowest BCUT2D eigenvalue weighted by Crippen LogP contribution is -1.96. The molecule has 4 nitrogen and oxygen atoms in total. The molecule has 3 aromatic rings. The van der Waals surface area contributed by atoms with E-state index in [0.717, 1.165) is 28.1 Å². The Hall–Kier alpha value is -2.99. The van der Waals surface area contributed by atoms with Crippen molar-refractivity contribution in [3.8, 4) is 40.3 Å². The molecule has 0 fully saturated rings. The molecule has 0 atom stereocenters. The molecule has 27 heavy (non-hydrogen) atoms. The SMILES string of the molecule is COc1ccc(-c2cc(-c3ccc(Cl)cc3)c(C#N)c(SCC#N)n2)cc1. The van der Waals surface area contributed by atoms with E-state index in [2.05, 4.69) is 17.1 Å². The Morgan fingerprint density at radius 2 is 1.70 bits per heavy atom. The van der Waals surface area contributed by atoms with Crippen molar-refractivity contribution >= 4 is 23.4 Å². The van der Waals surface area contributed by atoms with Crippen LogP contribution in [0.3, 0.4) is 0 Å². The minimum absolute atomic E-state index is 0.216. The normalized spacial score (nSPS) is 10.1. The fourth-order valence-electron chi connectivity index (χ4n) is 2.60. The van der Waals surface area contributed by atoms with Crippen LogP contribution in [0.25, 0.3) is 22.4 Å². The lowest BCUT2D eigenvalue weighted by molar-refractivity contribution is 0.415. The highest BCUT2D eigenvalue weighted by Crippen LogP contribution is 2.34. The predicted octanol–water partition coefficient (Wildman–Crippen LogP) is 5.56. The fourth-order valence-corrected chi connectivity index (χ4v) is 3.39. The average Bonchev–Trinajstić information content (AvgIpc) is 2.72. The fraction of sp³-hybridized carbons (Fsp3) is 0.0952. The molecule has 0 N–H and O–H groups in total. The maximum atomic E-state index is 9.72. The molecule has 1 aromatic heterocycles. The van der Waals surface area contributed by atoms with Crippen molar-refractivity contribution < 1.29 is 4.74 Å². The van der Waals surface area contributed by atoms with E-state index >= 15 is 0 Å². The van der Waals surface area contributed by atoms with E-state index < -0.39 is 0 Å². The van der Waals surface area contributed by atoms with E-state index in [0.29, 0.717) is 15.6 Å². The summed E-state index contributed by atoms with van der Waals surface area (Å²) < 4.78 is 5.21. The monoisotopic (exact) mass is 391 g/mol. The van der Waals surface area contributed by atoms with Crippen molar-refractivity contribution in [2.45, 2.75) is 5.03 Å². The average molecular weight is 392 g/mol. The molecule has 0 aliphatic rings. The minimum Gasteiger partial charge on any atom is -0.497 e. The van der Waals surface area contributed by atoms with Gasteiger partial charge >= 0.3 is 0 Å². The zero-order valence-corrected chi connectivity index (χ0v) is 16.0. The van der Waals surface area contributed by atoms with Crippen LogP contribution in [0.15, 0.2) is 59.6 Å². The molecule has 0 bridgehead atoms. The number of halogens is 1. The summed E-state index contributed by atoms with van der Waals surface area (Å²) in [6.45, 7) is 0. The van der Waals surface area contributed by atoms with Crippen LogP contribution in [0.1, 0.15) is 5.56 Å². The zero-order chi connectivity index (χ0) is 19.2. The highest BCUT2D eigenvalue weighted by molar-refractivity contribution is 7.99. The Bertz CT molecular complexity index is 1040. The van der Waals surface area contributed by atoms with Crippen LogP contribution in [-0.4, -0.2) is 17.8 Å². The van der Waals surface area contributed by atoms with Crippen molar-refractivity contribution in [2.24, 2.45) is 0 Å². The van der Waals surface area contributed by atoms with Gasteiger partial charge in [0.1, 0.15) is 16.8 Å². The molecule has 3 rings (SSSR count). The topological polar surface area (TPSA) is 69.7 Å². The smallest absolute Gasteiger partial charge is 0.118 e. The second-order valence-corrected chi connectivity index (χ2v) is 6.93. The molecule has 0 aliphatic carbocycles. The van der Waals surface area contributed by atoms with E-state index in [1.54, 1.807) is 19.2 Å². The summed E-state index contributed by atoms with van der Waals surface area (Å²) in [6.07, 6.45) is 0. The number of hydrogen-bond acceptors (Lipinski definition) is 5. The quantitative estimate of drug-likeness (QED) is 0.532. The molecule has 0 unspecified atom stereocenters. The molecule has 1 heterocycles. The van der Waals surface area contributed by atoms with Crippen LogP contribution < -0.4 is 4.74 Å². The highest BCUT2D eigenvalue weighted by atomic mass is 35.5. The minimum atomic E-state index is 0.216. The summed E-state index contributed by atoms with van der Waals surface area (Å²) in [4.78, 5) is 4.63. The molecule has 132 valence electrons. The van der Waals surface area contributed by atoms with E-state index in [4.69, 9.17) is 21.6 Å². The Labute approximate surface area is 167 Å². The number of ether oxygens (including phenoxy) is 1. The van der Waals surface area contributed by atoms with Crippen LogP contribution in [0, 0.1) is 22.7 Å². The summed E-state index contributed by atoms with van der Waals surface area (Å²) >= 11 is 7.25. The zero-order valence-electron chi connectivity index (χ0n) is 14.4. The Balaban J connectivity index is 2.19. The van der Waals surface area contributed by atoms with Gasteiger partial charge in [-0.1, -0.05) is 35.5 Å². The third kappa shape index (κ3) is 4.23. The van der Waals surface area contributed by atoms with E-state index in [-0.39, 0.29) is 5.75 Å². The summed E-state index contributed by atoms with van der Waals surface area (Å²) in [6, 6.07) is 21.1. The van der Waals surface area contributed by atoms with E-state index in [1.165, 1.54) is 11.8 Å². The van der Waals surface area contributed by atoms with Crippen molar-refractivity contribution in [3.05, 3.63) is 65.2 Å². The van der Waals surface area contributed by atoms with Crippen LogP contribution >= 0.6 is 23.4 Å². The third-order valence-electron chi connectivity index (χ3n) is 3.91. The molecule has 6 heteroatoms. The van der Waals surface area contributed by atoms with E-state index in [9.17, 15) is 5.26 Å². The second-order valence-electron chi connectivity index (χ2n) is 5.53. The van der Waals surface area contributed by atoms with Gasteiger partial charge in [-0.2, -0.15) is 10.5 Å². The lowest BCUT2D eigenvalue weighted by Gasteiger charge is -2.12. The standard InChI is InChI=1S/C21H14ClN3OS/c1-26-17-8-4-15(5-9-17)20-12-18(14-2-6-16(22)7-3-14)19(13-24)21(25-20)27-11-10-23/h2-9,12H,11H2,1H3. The number of nitrogens with zero attached hydrogens (tertiary/aromatic N) is 3. The van der Waals surface area contributed by atoms with Gasteiger partial charge in [-0.3, -0.25) is 0 Å². The number of nitriles is 2. The molecule has 0 amide bonds. The first kappa shape index (κ1) is 18.8. The Kier molecular flexibility index (Phi) is 5.98. The summed E-state index contributed by atoms with van der Waals surface area (Å²) in [7, 11) is 1.62. The van der Waals surface area contributed by atoms with Crippen LogP contribution in [0.2, 0.25) is 5.02 Å².